The molecule has 1 aromatic heterocycles. The van der Waals surface area contributed by atoms with Crippen LogP contribution in [-0.4, -0.2) is 44.3 Å². The largest absolute Gasteiger partial charge is 0.461 e. The number of ether oxygens (including phenoxy) is 1. The summed E-state index contributed by atoms with van der Waals surface area (Å²) in [6.45, 7) is 0.538. The summed E-state index contributed by atoms with van der Waals surface area (Å²) < 4.78 is 37.6. The SMILES string of the molecule is O=C(COC(=O)CCc1ccc(-c2ccccc2)o1)Nc1cccc(S(=O)(=O)N2CCCC2)c1. The quantitative estimate of drug-likeness (QED) is 0.465. The van der Waals surface area contributed by atoms with E-state index in [4.69, 9.17) is 9.15 Å². The summed E-state index contributed by atoms with van der Waals surface area (Å²) in [4.78, 5) is 24.4. The Labute approximate surface area is 198 Å². The van der Waals surface area contributed by atoms with Crippen LogP contribution in [-0.2, 0) is 30.8 Å². The third-order valence-corrected chi connectivity index (χ3v) is 7.37. The molecule has 1 saturated heterocycles. The van der Waals surface area contributed by atoms with E-state index in [1.54, 1.807) is 12.1 Å². The molecule has 0 aliphatic carbocycles. The van der Waals surface area contributed by atoms with E-state index in [9.17, 15) is 18.0 Å². The molecule has 178 valence electrons. The van der Waals surface area contributed by atoms with Crippen LogP contribution in [0.25, 0.3) is 11.3 Å². The zero-order chi connectivity index (χ0) is 24.0. The van der Waals surface area contributed by atoms with Crippen molar-refractivity contribution in [3.63, 3.8) is 0 Å². The van der Waals surface area contributed by atoms with Gasteiger partial charge in [0.15, 0.2) is 6.61 Å². The Kier molecular flexibility index (Phi) is 7.44. The van der Waals surface area contributed by atoms with Gasteiger partial charge in [-0.3, -0.25) is 9.59 Å². The van der Waals surface area contributed by atoms with Crippen LogP contribution in [0.5, 0.6) is 0 Å². The van der Waals surface area contributed by atoms with Crippen molar-refractivity contribution < 1.29 is 27.2 Å². The molecule has 3 aromatic rings. The smallest absolute Gasteiger partial charge is 0.306 e. The number of benzene rings is 2. The molecule has 0 saturated carbocycles. The Balaban J connectivity index is 1.24. The van der Waals surface area contributed by atoms with Crippen LogP contribution in [0.15, 0.2) is 76.0 Å². The molecule has 0 radical (unpaired) electrons. The second-order valence-electron chi connectivity index (χ2n) is 7.98. The molecule has 2 heterocycles. The van der Waals surface area contributed by atoms with Gasteiger partial charge in [-0.15, -0.1) is 0 Å². The maximum absolute atomic E-state index is 12.7. The van der Waals surface area contributed by atoms with Crippen molar-refractivity contribution >= 4 is 27.6 Å². The fraction of sp³-hybridized carbons (Fsp3) is 0.280. The standard InChI is InChI=1S/C25H26N2O6S/c28-24(26-20-9-6-10-22(17-20)34(30,31)27-15-4-5-16-27)18-32-25(29)14-12-21-11-13-23(33-21)19-7-2-1-3-8-19/h1-3,6-11,13,17H,4-5,12,14-16,18H2,(H,26,28). The lowest BCUT2D eigenvalue weighted by atomic mass is 10.2. The Morgan fingerprint density at radius 3 is 2.50 bits per heavy atom. The summed E-state index contributed by atoms with van der Waals surface area (Å²) >= 11 is 0. The fourth-order valence-electron chi connectivity index (χ4n) is 3.72. The number of rotatable bonds is 9. The van der Waals surface area contributed by atoms with Crippen molar-refractivity contribution in [2.45, 2.75) is 30.6 Å². The van der Waals surface area contributed by atoms with Crippen LogP contribution in [0, 0.1) is 0 Å². The molecule has 0 unspecified atom stereocenters. The molecule has 1 N–H and O–H groups in total. The van der Waals surface area contributed by atoms with Gasteiger partial charge in [0.1, 0.15) is 11.5 Å². The lowest BCUT2D eigenvalue weighted by Gasteiger charge is -2.16. The zero-order valence-corrected chi connectivity index (χ0v) is 19.4. The molecular weight excluding hydrogens is 456 g/mol. The van der Waals surface area contributed by atoms with Gasteiger partial charge >= 0.3 is 5.97 Å². The topological polar surface area (TPSA) is 106 Å². The predicted molar refractivity (Wildman–Crippen MR) is 126 cm³/mol. The molecule has 2 aromatic carbocycles. The predicted octanol–water partition coefficient (Wildman–Crippen LogP) is 3.85. The van der Waals surface area contributed by atoms with E-state index in [1.807, 2.05) is 42.5 Å². The number of anilines is 1. The van der Waals surface area contributed by atoms with Crippen molar-refractivity contribution in [1.29, 1.82) is 0 Å². The molecule has 0 spiro atoms. The maximum atomic E-state index is 12.7. The molecule has 9 heteroatoms. The monoisotopic (exact) mass is 482 g/mol. The average molecular weight is 483 g/mol. The van der Waals surface area contributed by atoms with E-state index in [1.165, 1.54) is 16.4 Å². The number of nitrogens with zero attached hydrogens (tertiary/aromatic N) is 1. The Hall–Kier alpha value is -3.43. The molecule has 0 bridgehead atoms. The molecule has 1 aliphatic heterocycles. The van der Waals surface area contributed by atoms with Gasteiger partial charge in [-0.05, 0) is 43.2 Å². The lowest BCUT2D eigenvalue weighted by molar-refractivity contribution is -0.147. The summed E-state index contributed by atoms with van der Waals surface area (Å²) in [7, 11) is -3.58. The highest BCUT2D eigenvalue weighted by molar-refractivity contribution is 7.89. The number of hydrogen-bond donors (Lipinski definition) is 1. The number of carbonyl (C=O) groups excluding carboxylic acids is 2. The highest BCUT2D eigenvalue weighted by atomic mass is 32.2. The van der Waals surface area contributed by atoms with E-state index in [0.717, 1.165) is 24.2 Å². The molecular formula is C25H26N2O6S. The summed E-state index contributed by atoms with van der Waals surface area (Å²) in [6, 6.07) is 19.4. The number of aryl methyl sites for hydroxylation is 1. The second kappa shape index (κ2) is 10.7. The normalized spacial score (nSPS) is 14.1. The van der Waals surface area contributed by atoms with Crippen molar-refractivity contribution in [2.24, 2.45) is 0 Å². The number of nitrogens with one attached hydrogen (secondary N) is 1. The number of sulfonamides is 1. The number of carbonyl (C=O) groups is 2. The lowest BCUT2D eigenvalue weighted by Crippen LogP contribution is -2.28. The van der Waals surface area contributed by atoms with Crippen LogP contribution in [0.4, 0.5) is 5.69 Å². The van der Waals surface area contributed by atoms with Crippen molar-refractivity contribution in [2.75, 3.05) is 25.0 Å². The van der Waals surface area contributed by atoms with Gasteiger partial charge in [0.05, 0.1) is 11.3 Å². The molecule has 34 heavy (non-hydrogen) atoms. The molecule has 0 atom stereocenters. The van der Waals surface area contributed by atoms with E-state index < -0.39 is 28.5 Å². The first-order valence-electron chi connectivity index (χ1n) is 11.1. The van der Waals surface area contributed by atoms with Gasteiger partial charge in [0.25, 0.3) is 5.91 Å². The van der Waals surface area contributed by atoms with Crippen LogP contribution >= 0.6 is 0 Å². The first kappa shape index (κ1) is 23.7. The number of esters is 1. The molecule has 1 amide bonds. The minimum Gasteiger partial charge on any atom is -0.461 e. The summed E-state index contributed by atoms with van der Waals surface area (Å²) in [5.41, 5.74) is 1.27. The van der Waals surface area contributed by atoms with Crippen molar-refractivity contribution in [3.8, 4) is 11.3 Å². The number of furan rings is 1. The number of amides is 1. The zero-order valence-electron chi connectivity index (χ0n) is 18.6. The van der Waals surface area contributed by atoms with Gasteiger partial charge in [-0.1, -0.05) is 36.4 Å². The Morgan fingerprint density at radius 2 is 1.74 bits per heavy atom. The van der Waals surface area contributed by atoms with Crippen molar-refractivity contribution in [1.82, 2.24) is 4.31 Å². The van der Waals surface area contributed by atoms with Gasteiger partial charge in [0.2, 0.25) is 10.0 Å². The minimum absolute atomic E-state index is 0.0680. The summed E-state index contributed by atoms with van der Waals surface area (Å²) in [5.74, 6) is 0.292. The summed E-state index contributed by atoms with van der Waals surface area (Å²) in [5, 5.41) is 2.58. The van der Waals surface area contributed by atoms with Gasteiger partial charge in [0, 0.05) is 30.8 Å². The van der Waals surface area contributed by atoms with Crippen LogP contribution in [0.2, 0.25) is 0 Å². The summed E-state index contributed by atoms with van der Waals surface area (Å²) in [6.07, 6.45) is 2.10. The molecule has 8 nitrogen and oxygen atoms in total. The van der Waals surface area contributed by atoms with E-state index in [2.05, 4.69) is 5.32 Å². The van der Waals surface area contributed by atoms with Gasteiger partial charge in [-0.2, -0.15) is 4.31 Å². The van der Waals surface area contributed by atoms with Gasteiger partial charge in [-0.25, -0.2) is 8.42 Å². The Morgan fingerprint density at radius 1 is 0.971 bits per heavy atom. The first-order chi connectivity index (χ1) is 16.4. The highest BCUT2D eigenvalue weighted by Gasteiger charge is 2.27. The first-order valence-corrected chi connectivity index (χ1v) is 12.6. The van der Waals surface area contributed by atoms with Gasteiger partial charge < -0.3 is 14.5 Å². The van der Waals surface area contributed by atoms with E-state index in [0.29, 0.717) is 31.0 Å². The van der Waals surface area contributed by atoms with E-state index in [-0.39, 0.29) is 11.3 Å². The third-order valence-electron chi connectivity index (χ3n) is 5.48. The van der Waals surface area contributed by atoms with Crippen LogP contribution in [0.3, 0.4) is 0 Å². The average Bonchev–Trinajstić information content (AvgIpc) is 3.55. The van der Waals surface area contributed by atoms with E-state index >= 15 is 0 Å². The van der Waals surface area contributed by atoms with Crippen molar-refractivity contribution in [3.05, 3.63) is 72.5 Å². The highest BCUT2D eigenvalue weighted by Crippen LogP contribution is 2.24. The van der Waals surface area contributed by atoms with Crippen LogP contribution < -0.4 is 5.32 Å². The fourth-order valence-corrected chi connectivity index (χ4v) is 5.29. The maximum Gasteiger partial charge on any atom is 0.306 e. The van der Waals surface area contributed by atoms with Crippen LogP contribution in [0.1, 0.15) is 25.0 Å². The molecule has 4 rings (SSSR count). The number of hydrogen-bond acceptors (Lipinski definition) is 6. The third kappa shape index (κ3) is 5.92. The molecule has 1 fully saturated rings. The minimum atomic E-state index is -3.58. The Bertz CT molecular complexity index is 1250. The second-order valence-corrected chi connectivity index (χ2v) is 9.92. The molecule has 1 aliphatic rings.